The van der Waals surface area contributed by atoms with E-state index in [0.29, 0.717) is 0 Å². The lowest BCUT2D eigenvalue weighted by molar-refractivity contribution is 0.505. The second-order valence-corrected chi connectivity index (χ2v) is 11.4. The number of rotatable bonds is 28. The van der Waals surface area contributed by atoms with Gasteiger partial charge in [0.1, 0.15) is 0 Å². The molecule has 0 saturated carbocycles. The quantitative estimate of drug-likeness (QED) is 0.0781. The van der Waals surface area contributed by atoms with Gasteiger partial charge in [0.15, 0.2) is 0 Å². The van der Waals surface area contributed by atoms with E-state index in [1.165, 1.54) is 167 Å². The summed E-state index contributed by atoms with van der Waals surface area (Å²) in [6, 6.07) is 0. The van der Waals surface area contributed by atoms with Gasteiger partial charge in [-0.25, -0.2) is 0 Å². The molecule has 0 aliphatic carbocycles. The molecule has 0 nitrogen and oxygen atoms in total. The fourth-order valence-corrected chi connectivity index (χ4v) is 4.86. The van der Waals surface area contributed by atoms with Crippen LogP contribution in [0.5, 0.6) is 0 Å². The molecular weight excluding hydrogens is 408 g/mol. The predicted molar refractivity (Wildman–Crippen MR) is 159 cm³/mol. The lowest BCUT2D eigenvalue weighted by Crippen LogP contribution is -1.87. The van der Waals surface area contributed by atoms with Crippen LogP contribution in [0.2, 0.25) is 0 Å². The maximum Gasteiger partial charge on any atom is -0.0348 e. The molecule has 0 amide bonds. The minimum Gasteiger partial charge on any atom is -0.0845 e. The zero-order valence-electron chi connectivity index (χ0n) is 24.3. The molecule has 0 bridgehead atoms. The molecule has 0 fully saturated rings. The first kappa shape index (κ1) is 33.5. The summed E-state index contributed by atoms with van der Waals surface area (Å²) in [5.41, 5.74) is 0. The summed E-state index contributed by atoms with van der Waals surface area (Å²) < 4.78 is 0. The van der Waals surface area contributed by atoms with Crippen molar-refractivity contribution in [1.29, 1.82) is 0 Å². The van der Waals surface area contributed by atoms with E-state index < -0.39 is 0 Å². The Morgan fingerprint density at radius 2 is 0.676 bits per heavy atom. The van der Waals surface area contributed by atoms with E-state index in [-0.39, 0.29) is 0 Å². The number of hydrogen-bond acceptors (Lipinski definition) is 0. The van der Waals surface area contributed by atoms with Crippen LogP contribution in [-0.4, -0.2) is 0 Å². The third-order valence-electron chi connectivity index (χ3n) is 7.26. The first-order chi connectivity index (χ1) is 16.8. The second kappa shape index (κ2) is 30.5. The molecule has 0 aliphatic heterocycles. The van der Waals surface area contributed by atoms with Crippen LogP contribution in [0.4, 0.5) is 0 Å². The molecule has 0 heteroatoms. The predicted octanol–water partition coefficient (Wildman–Crippen LogP) is 12.9. The van der Waals surface area contributed by atoms with Crippen LogP contribution in [0.15, 0.2) is 24.3 Å². The van der Waals surface area contributed by atoms with Crippen LogP contribution < -0.4 is 0 Å². The average Bonchev–Trinajstić information content (AvgIpc) is 2.83. The molecular formula is C34H66. The highest BCUT2D eigenvalue weighted by atomic mass is 14.0. The van der Waals surface area contributed by atoms with Gasteiger partial charge < -0.3 is 0 Å². The zero-order chi connectivity index (χ0) is 24.8. The van der Waals surface area contributed by atoms with Crippen LogP contribution in [0, 0.1) is 5.92 Å². The molecule has 34 heavy (non-hydrogen) atoms. The van der Waals surface area contributed by atoms with Crippen molar-refractivity contribution >= 4 is 0 Å². The van der Waals surface area contributed by atoms with Gasteiger partial charge in [0, 0.05) is 0 Å². The molecule has 0 saturated heterocycles. The van der Waals surface area contributed by atoms with Crippen molar-refractivity contribution in [2.24, 2.45) is 5.92 Å². The molecule has 0 aromatic carbocycles. The maximum atomic E-state index is 2.37. The summed E-state index contributed by atoms with van der Waals surface area (Å²) in [7, 11) is 0. The zero-order valence-corrected chi connectivity index (χ0v) is 24.3. The molecule has 0 aliphatic rings. The summed E-state index contributed by atoms with van der Waals surface area (Å²) in [6.07, 6.45) is 46.5. The van der Waals surface area contributed by atoms with Gasteiger partial charge in [-0.15, -0.1) is 0 Å². The van der Waals surface area contributed by atoms with Gasteiger partial charge in [-0.3, -0.25) is 0 Å². The minimum atomic E-state index is 0.889. The molecule has 0 heterocycles. The lowest BCUT2D eigenvalue weighted by atomic mass is 10.0. The molecule has 0 rings (SSSR count). The van der Waals surface area contributed by atoms with Crippen LogP contribution >= 0.6 is 0 Å². The third-order valence-corrected chi connectivity index (χ3v) is 7.26. The van der Waals surface area contributed by atoms with Gasteiger partial charge >= 0.3 is 0 Å². The first-order valence-electron chi connectivity index (χ1n) is 16.1. The smallest absolute Gasteiger partial charge is 0.0348 e. The maximum absolute atomic E-state index is 2.37. The highest BCUT2D eigenvalue weighted by Crippen LogP contribution is 2.15. The van der Waals surface area contributed by atoms with Gasteiger partial charge in [-0.2, -0.15) is 0 Å². The Kier molecular flexibility index (Phi) is 30.0. The first-order valence-corrected chi connectivity index (χ1v) is 16.1. The molecule has 0 unspecified atom stereocenters. The Hall–Kier alpha value is -0.520. The van der Waals surface area contributed by atoms with Crippen molar-refractivity contribution < 1.29 is 0 Å². The van der Waals surface area contributed by atoms with E-state index in [2.05, 4.69) is 45.1 Å². The largest absolute Gasteiger partial charge is 0.0845 e. The monoisotopic (exact) mass is 475 g/mol. The Bertz CT molecular complexity index is 402. The summed E-state index contributed by atoms with van der Waals surface area (Å²) in [6.45, 7) is 6.98. The fourth-order valence-electron chi connectivity index (χ4n) is 4.86. The Morgan fingerprint density at radius 1 is 0.382 bits per heavy atom. The summed E-state index contributed by atoms with van der Waals surface area (Å²) in [4.78, 5) is 0. The fraction of sp³-hybridized carbons (Fsp3) is 0.882. The Balaban J connectivity index is 3.16. The van der Waals surface area contributed by atoms with Crippen LogP contribution in [0.3, 0.4) is 0 Å². The minimum absolute atomic E-state index is 0.889. The standard InChI is InChI=1S/C34H66/c1-4-5-6-7-8-9-10-11-12-13-14-15-16-17-18-19-20-21-22-23-24-25-26-27-28-29-30-31-32-33-34(2)3/h18-21,34H,4-17,22-33H2,1-3H3. The van der Waals surface area contributed by atoms with Crippen molar-refractivity contribution in [3.8, 4) is 0 Å². The lowest BCUT2D eigenvalue weighted by Gasteiger charge is -2.04. The SMILES string of the molecule is CCCCCCCCCCCCCCCC=CC=CCCCCCCCCCCCCC(C)C. The van der Waals surface area contributed by atoms with Crippen LogP contribution in [-0.2, 0) is 0 Å². The number of unbranched alkanes of at least 4 members (excludes halogenated alkanes) is 23. The molecule has 0 atom stereocenters. The van der Waals surface area contributed by atoms with Gasteiger partial charge in [0.25, 0.3) is 0 Å². The van der Waals surface area contributed by atoms with Crippen LogP contribution in [0.25, 0.3) is 0 Å². The second-order valence-electron chi connectivity index (χ2n) is 11.4. The molecule has 0 aromatic rings. The van der Waals surface area contributed by atoms with Crippen molar-refractivity contribution in [2.75, 3.05) is 0 Å². The summed E-state index contributed by atoms with van der Waals surface area (Å²) in [5, 5.41) is 0. The van der Waals surface area contributed by atoms with E-state index in [9.17, 15) is 0 Å². The normalized spacial score (nSPS) is 12.1. The molecule has 202 valence electrons. The molecule has 0 aromatic heterocycles. The van der Waals surface area contributed by atoms with Crippen molar-refractivity contribution in [2.45, 2.75) is 188 Å². The van der Waals surface area contributed by atoms with Gasteiger partial charge in [0.2, 0.25) is 0 Å². The topological polar surface area (TPSA) is 0 Å². The highest BCUT2D eigenvalue weighted by molar-refractivity contribution is 5.02. The van der Waals surface area contributed by atoms with Gasteiger partial charge in [-0.1, -0.05) is 186 Å². The van der Waals surface area contributed by atoms with Gasteiger partial charge in [-0.05, 0) is 31.6 Å². The Labute approximate surface area is 217 Å². The number of hydrogen-bond donors (Lipinski definition) is 0. The molecule has 0 radical (unpaired) electrons. The van der Waals surface area contributed by atoms with E-state index in [1.807, 2.05) is 0 Å². The van der Waals surface area contributed by atoms with Gasteiger partial charge in [0.05, 0.1) is 0 Å². The Morgan fingerprint density at radius 3 is 1.00 bits per heavy atom. The van der Waals surface area contributed by atoms with E-state index in [0.717, 1.165) is 5.92 Å². The average molecular weight is 475 g/mol. The number of allylic oxidation sites excluding steroid dienone is 4. The van der Waals surface area contributed by atoms with E-state index in [1.54, 1.807) is 0 Å². The van der Waals surface area contributed by atoms with Crippen LogP contribution in [0.1, 0.15) is 188 Å². The third kappa shape index (κ3) is 31.5. The van der Waals surface area contributed by atoms with Crippen molar-refractivity contribution in [3.05, 3.63) is 24.3 Å². The van der Waals surface area contributed by atoms with Crippen molar-refractivity contribution in [1.82, 2.24) is 0 Å². The highest BCUT2D eigenvalue weighted by Gasteiger charge is 1.96. The summed E-state index contributed by atoms with van der Waals surface area (Å²) in [5.74, 6) is 0.889. The molecule has 0 N–H and O–H groups in total. The van der Waals surface area contributed by atoms with Crippen molar-refractivity contribution in [3.63, 3.8) is 0 Å². The molecule has 0 spiro atoms. The van der Waals surface area contributed by atoms with E-state index in [4.69, 9.17) is 0 Å². The summed E-state index contributed by atoms with van der Waals surface area (Å²) >= 11 is 0. The van der Waals surface area contributed by atoms with E-state index >= 15 is 0 Å².